The molecule has 0 aromatic heterocycles. The highest BCUT2D eigenvalue weighted by Crippen LogP contribution is 2.20. The van der Waals surface area contributed by atoms with Gasteiger partial charge in [0.15, 0.2) is 0 Å². The van der Waals surface area contributed by atoms with Gasteiger partial charge in [-0.3, -0.25) is 4.79 Å². The predicted octanol–water partition coefficient (Wildman–Crippen LogP) is 1.48. The number of carbonyl (C=O) groups excluding carboxylic acids is 1. The van der Waals surface area contributed by atoms with Crippen LogP contribution >= 0.6 is 0 Å². The Bertz CT molecular complexity index is 484. The molecule has 0 aliphatic heterocycles. The molecule has 1 aromatic rings. The van der Waals surface area contributed by atoms with Crippen LogP contribution in [0.3, 0.4) is 0 Å². The minimum absolute atomic E-state index is 0.0198. The molecule has 0 fully saturated rings. The molecule has 2 N–H and O–H groups in total. The lowest BCUT2D eigenvalue weighted by Crippen LogP contribution is -2.39. The summed E-state index contributed by atoms with van der Waals surface area (Å²) in [5, 5.41) is 0. The van der Waals surface area contributed by atoms with Gasteiger partial charge in [0.05, 0.1) is 5.92 Å². The molecule has 0 spiro atoms. The Morgan fingerprint density at radius 1 is 1.19 bits per heavy atom. The van der Waals surface area contributed by atoms with Crippen LogP contribution < -0.4 is 5.73 Å². The van der Waals surface area contributed by atoms with Crippen LogP contribution in [0.5, 0.6) is 0 Å². The van der Waals surface area contributed by atoms with Gasteiger partial charge in [0.25, 0.3) is 0 Å². The quantitative estimate of drug-likeness (QED) is 0.806. The largest absolute Gasteiger partial charge is 0.337 e. The highest BCUT2D eigenvalue weighted by molar-refractivity contribution is 5.81. The van der Waals surface area contributed by atoms with Crippen LogP contribution in [0.1, 0.15) is 12.0 Å². The van der Waals surface area contributed by atoms with Gasteiger partial charge in [0, 0.05) is 25.7 Å². The highest BCUT2D eigenvalue weighted by Gasteiger charge is 2.27. The van der Waals surface area contributed by atoms with E-state index in [0.29, 0.717) is 6.54 Å². The topological polar surface area (TPSA) is 49.6 Å². The first kappa shape index (κ1) is 15.7. The van der Waals surface area contributed by atoms with Crippen molar-refractivity contribution in [2.75, 3.05) is 27.2 Å². The van der Waals surface area contributed by atoms with E-state index in [4.69, 9.17) is 5.73 Å². The lowest BCUT2D eigenvalue weighted by atomic mass is 10.1. The smallest absolute Gasteiger partial charge is 0.229 e. The van der Waals surface area contributed by atoms with Crippen molar-refractivity contribution in [2.24, 2.45) is 11.7 Å². The fourth-order valence-corrected chi connectivity index (χ4v) is 2.54. The molecule has 4 heteroatoms. The van der Waals surface area contributed by atoms with Crippen LogP contribution in [0, 0.1) is 5.92 Å². The molecule has 1 aromatic carbocycles. The maximum Gasteiger partial charge on any atom is 0.229 e. The summed E-state index contributed by atoms with van der Waals surface area (Å²) < 4.78 is 0. The van der Waals surface area contributed by atoms with Gasteiger partial charge in [-0.25, -0.2) is 0 Å². The van der Waals surface area contributed by atoms with E-state index in [1.165, 1.54) is 0 Å². The van der Waals surface area contributed by atoms with Gasteiger partial charge in [-0.05, 0) is 26.1 Å². The summed E-state index contributed by atoms with van der Waals surface area (Å²) >= 11 is 0. The van der Waals surface area contributed by atoms with E-state index in [1.54, 1.807) is 0 Å². The Balaban J connectivity index is 2.04. The van der Waals surface area contributed by atoms with Crippen LogP contribution in [0.2, 0.25) is 0 Å². The molecule has 4 nitrogen and oxygen atoms in total. The molecule has 1 amide bonds. The average Bonchev–Trinajstić information content (AvgIpc) is 2.90. The molecule has 0 heterocycles. The number of hydrogen-bond acceptors (Lipinski definition) is 3. The number of carbonyl (C=O) groups is 1. The van der Waals surface area contributed by atoms with Crippen molar-refractivity contribution in [1.82, 2.24) is 9.80 Å². The summed E-state index contributed by atoms with van der Waals surface area (Å²) in [6.45, 7) is 2.26. The molecule has 0 radical (unpaired) electrons. The first-order valence-electron chi connectivity index (χ1n) is 7.47. The summed E-state index contributed by atoms with van der Waals surface area (Å²) in [5.74, 6) is 0.121. The third-order valence-corrected chi connectivity index (χ3v) is 3.78. The Morgan fingerprint density at radius 3 is 2.48 bits per heavy atom. The molecule has 0 bridgehead atoms. The molecule has 0 saturated carbocycles. The van der Waals surface area contributed by atoms with Crippen molar-refractivity contribution in [1.29, 1.82) is 0 Å². The van der Waals surface area contributed by atoms with Crippen LogP contribution in [0.25, 0.3) is 0 Å². The van der Waals surface area contributed by atoms with Gasteiger partial charge in [-0.2, -0.15) is 0 Å². The highest BCUT2D eigenvalue weighted by atomic mass is 16.2. The van der Waals surface area contributed by atoms with Crippen molar-refractivity contribution in [2.45, 2.75) is 19.0 Å². The number of benzene rings is 1. The zero-order chi connectivity index (χ0) is 15.2. The van der Waals surface area contributed by atoms with Gasteiger partial charge in [-0.15, -0.1) is 0 Å². The minimum atomic E-state index is -0.0640. The second-order valence-corrected chi connectivity index (χ2v) is 5.94. The Hall–Kier alpha value is -1.65. The van der Waals surface area contributed by atoms with Gasteiger partial charge >= 0.3 is 0 Å². The standard InChI is InChI=1S/C17H25N3O/c1-19(2)10-11-20(13-14-6-4-3-5-7-14)17(21)15-8-9-16(18)12-15/h3-9,15-16H,10-13,18H2,1-2H3. The predicted molar refractivity (Wildman–Crippen MR) is 85.6 cm³/mol. The molecule has 1 aliphatic rings. The number of rotatable bonds is 6. The van der Waals surface area contributed by atoms with Gasteiger partial charge in [0.1, 0.15) is 0 Å². The first-order valence-corrected chi connectivity index (χ1v) is 7.47. The normalized spacial score (nSPS) is 21.0. The van der Waals surface area contributed by atoms with Gasteiger partial charge < -0.3 is 15.5 Å². The maximum atomic E-state index is 12.7. The lowest BCUT2D eigenvalue weighted by Gasteiger charge is -2.27. The van der Waals surface area contributed by atoms with Crippen molar-refractivity contribution in [3.05, 3.63) is 48.0 Å². The SMILES string of the molecule is CN(C)CCN(Cc1ccccc1)C(=O)C1C=CC(N)C1. The number of nitrogens with zero attached hydrogens (tertiary/aromatic N) is 2. The van der Waals surface area contributed by atoms with E-state index >= 15 is 0 Å². The van der Waals surface area contributed by atoms with Crippen molar-refractivity contribution >= 4 is 5.91 Å². The molecule has 0 saturated heterocycles. The maximum absolute atomic E-state index is 12.7. The van der Waals surface area contributed by atoms with Crippen molar-refractivity contribution < 1.29 is 4.79 Å². The third-order valence-electron chi connectivity index (χ3n) is 3.78. The molecule has 114 valence electrons. The molecule has 2 rings (SSSR count). The molecule has 2 unspecified atom stereocenters. The molecule has 21 heavy (non-hydrogen) atoms. The first-order chi connectivity index (χ1) is 10.1. The number of hydrogen-bond donors (Lipinski definition) is 1. The lowest BCUT2D eigenvalue weighted by molar-refractivity contribution is -0.134. The zero-order valence-corrected chi connectivity index (χ0v) is 12.9. The van der Waals surface area contributed by atoms with E-state index in [2.05, 4.69) is 17.0 Å². The average molecular weight is 287 g/mol. The summed E-state index contributed by atoms with van der Waals surface area (Å²) in [7, 11) is 4.05. The number of nitrogens with two attached hydrogens (primary N) is 1. The van der Waals surface area contributed by atoms with Gasteiger partial charge in [0.2, 0.25) is 5.91 Å². The van der Waals surface area contributed by atoms with Crippen LogP contribution in [0.4, 0.5) is 0 Å². The summed E-state index contributed by atoms with van der Waals surface area (Å²) in [6, 6.07) is 10.2. The second kappa shape index (κ2) is 7.38. The fourth-order valence-electron chi connectivity index (χ4n) is 2.54. The monoisotopic (exact) mass is 287 g/mol. The van der Waals surface area contributed by atoms with Crippen molar-refractivity contribution in [3.8, 4) is 0 Å². The Kier molecular flexibility index (Phi) is 5.53. The number of amides is 1. The minimum Gasteiger partial charge on any atom is -0.337 e. The zero-order valence-electron chi connectivity index (χ0n) is 12.9. The summed E-state index contributed by atoms with van der Waals surface area (Å²) in [6.07, 6.45) is 4.63. The fraction of sp³-hybridized carbons (Fsp3) is 0.471. The number of likely N-dealkylation sites (N-methyl/N-ethyl adjacent to an activating group) is 1. The van der Waals surface area contributed by atoms with Crippen LogP contribution in [0.15, 0.2) is 42.5 Å². The Morgan fingerprint density at radius 2 is 1.90 bits per heavy atom. The van der Waals surface area contributed by atoms with Crippen LogP contribution in [-0.4, -0.2) is 48.9 Å². The van der Waals surface area contributed by atoms with E-state index in [9.17, 15) is 4.79 Å². The Labute approximate surface area is 127 Å². The van der Waals surface area contributed by atoms with Crippen LogP contribution in [-0.2, 0) is 11.3 Å². The van der Waals surface area contributed by atoms with Gasteiger partial charge in [-0.1, -0.05) is 42.5 Å². The van der Waals surface area contributed by atoms with E-state index in [0.717, 1.165) is 25.1 Å². The summed E-state index contributed by atoms with van der Waals surface area (Å²) in [5.41, 5.74) is 7.03. The van der Waals surface area contributed by atoms with E-state index in [1.807, 2.05) is 49.3 Å². The second-order valence-electron chi connectivity index (χ2n) is 5.94. The molecular formula is C17H25N3O. The summed E-state index contributed by atoms with van der Waals surface area (Å²) in [4.78, 5) is 16.8. The third kappa shape index (κ3) is 4.69. The van der Waals surface area contributed by atoms with Crippen molar-refractivity contribution in [3.63, 3.8) is 0 Å². The molecule has 1 aliphatic carbocycles. The molecule has 2 atom stereocenters. The van der Waals surface area contributed by atoms with E-state index in [-0.39, 0.29) is 17.9 Å². The van der Waals surface area contributed by atoms with E-state index < -0.39 is 0 Å². The molecular weight excluding hydrogens is 262 g/mol.